The van der Waals surface area contributed by atoms with Crippen molar-refractivity contribution in [1.29, 1.82) is 0 Å². The number of benzene rings is 4. The van der Waals surface area contributed by atoms with Crippen molar-refractivity contribution in [2.24, 2.45) is 0 Å². The fourth-order valence-corrected chi connectivity index (χ4v) is 8.20. The fraction of sp³-hybridized carbons (Fsp3) is 0.243. The van der Waals surface area contributed by atoms with Gasteiger partial charge in [0.25, 0.3) is 0 Å². The van der Waals surface area contributed by atoms with Gasteiger partial charge in [0.1, 0.15) is 0 Å². The molecule has 5 atom stereocenters. The predicted octanol–water partition coefficient (Wildman–Crippen LogP) is 4.64. The molecule has 0 unspecified atom stereocenters. The van der Waals surface area contributed by atoms with Crippen LogP contribution in [0.25, 0.3) is 0 Å². The number of aromatic nitrogens is 2. The second kappa shape index (κ2) is 16.0. The van der Waals surface area contributed by atoms with Gasteiger partial charge in [-0.15, -0.1) is 0 Å². The third-order valence-electron chi connectivity index (χ3n) is 7.71. The van der Waals surface area contributed by atoms with E-state index in [0.717, 1.165) is 21.2 Å². The standard InChI is InChI=1S/C37H36N2O6Se/c40-32-21-22-39(37(41)38-32)36-35(46-30-19-11-4-12-20-30)34(44-25-29-17-9-3-10-18-29)33(43-24-28-15-7-2-8-16-28)31(45-36)26-42-23-27-13-5-1-6-14-27/h1-22,31,33-36H,23-26H2,(H,38,40,41)/t31-,33+,34+,35-,36-/m1/s1. The second-order valence-corrected chi connectivity index (χ2v) is 13.6. The second-order valence-electron chi connectivity index (χ2n) is 11.0. The van der Waals surface area contributed by atoms with Crippen LogP contribution in [0.4, 0.5) is 0 Å². The van der Waals surface area contributed by atoms with Crippen LogP contribution in [-0.2, 0) is 38.8 Å². The Kier molecular flexibility index (Phi) is 11.1. The van der Waals surface area contributed by atoms with Crippen LogP contribution < -0.4 is 15.7 Å². The number of H-pyrrole nitrogens is 1. The molecule has 1 aliphatic heterocycles. The van der Waals surface area contributed by atoms with Gasteiger partial charge in [-0.25, -0.2) is 0 Å². The van der Waals surface area contributed by atoms with Gasteiger partial charge in [-0.05, 0) is 0 Å². The van der Waals surface area contributed by atoms with E-state index in [-0.39, 0.29) is 26.4 Å². The van der Waals surface area contributed by atoms with E-state index < -0.39 is 35.8 Å². The molecule has 46 heavy (non-hydrogen) atoms. The van der Waals surface area contributed by atoms with Crippen LogP contribution in [0, 0.1) is 0 Å². The molecule has 0 amide bonds. The summed E-state index contributed by atoms with van der Waals surface area (Å²) >= 11 is -0.215. The van der Waals surface area contributed by atoms with Crippen molar-refractivity contribution >= 4 is 19.4 Å². The first-order valence-corrected chi connectivity index (χ1v) is 17.1. The molecule has 1 aliphatic rings. The summed E-state index contributed by atoms with van der Waals surface area (Å²) in [5.41, 5.74) is 2.08. The minimum absolute atomic E-state index is 0.208. The van der Waals surface area contributed by atoms with Gasteiger partial charge in [0.2, 0.25) is 0 Å². The normalized spacial score (nSPS) is 21.2. The molecular weight excluding hydrogens is 647 g/mol. The Morgan fingerprint density at radius 1 is 0.652 bits per heavy atom. The molecule has 6 rings (SSSR count). The van der Waals surface area contributed by atoms with E-state index in [4.69, 9.17) is 18.9 Å². The first kappa shape index (κ1) is 31.9. The van der Waals surface area contributed by atoms with Crippen LogP contribution in [0.1, 0.15) is 22.9 Å². The molecule has 1 fully saturated rings. The molecule has 0 radical (unpaired) electrons. The average Bonchev–Trinajstić information content (AvgIpc) is 3.09. The molecular formula is C37H36N2O6Se. The molecule has 9 heteroatoms. The van der Waals surface area contributed by atoms with Gasteiger partial charge >= 0.3 is 275 Å². The Balaban J connectivity index is 1.38. The zero-order valence-corrected chi connectivity index (χ0v) is 26.9. The van der Waals surface area contributed by atoms with E-state index in [1.807, 2.05) is 109 Å². The zero-order valence-electron chi connectivity index (χ0n) is 25.2. The minimum atomic E-state index is -0.743. The van der Waals surface area contributed by atoms with Gasteiger partial charge in [-0.2, -0.15) is 0 Å². The topological polar surface area (TPSA) is 91.8 Å². The van der Waals surface area contributed by atoms with Crippen LogP contribution >= 0.6 is 0 Å². The molecule has 8 nitrogen and oxygen atoms in total. The van der Waals surface area contributed by atoms with E-state index >= 15 is 0 Å². The summed E-state index contributed by atoms with van der Waals surface area (Å²) in [6.07, 6.45) is -0.828. The van der Waals surface area contributed by atoms with Crippen molar-refractivity contribution in [2.75, 3.05) is 6.61 Å². The van der Waals surface area contributed by atoms with Crippen LogP contribution in [-0.4, -0.2) is 49.4 Å². The van der Waals surface area contributed by atoms with Crippen LogP contribution in [0.15, 0.2) is 143 Å². The Morgan fingerprint density at radius 2 is 1.17 bits per heavy atom. The number of hydrogen-bond donors (Lipinski definition) is 1. The quantitative estimate of drug-likeness (QED) is 0.182. The molecule has 0 spiro atoms. The monoisotopic (exact) mass is 684 g/mol. The third kappa shape index (κ3) is 8.39. The maximum absolute atomic E-state index is 13.3. The van der Waals surface area contributed by atoms with E-state index in [0.29, 0.717) is 19.8 Å². The zero-order chi connectivity index (χ0) is 31.6. The summed E-state index contributed by atoms with van der Waals surface area (Å²) in [6, 6.07) is 41.4. The van der Waals surface area contributed by atoms with Crippen molar-refractivity contribution in [3.63, 3.8) is 0 Å². The number of ether oxygens (including phenoxy) is 4. The number of aromatic amines is 1. The Bertz CT molecular complexity index is 1750. The summed E-state index contributed by atoms with van der Waals surface area (Å²) < 4.78 is 29.2. The number of hydrogen-bond acceptors (Lipinski definition) is 6. The summed E-state index contributed by atoms with van der Waals surface area (Å²) in [5.74, 6) is 0. The Hall–Kier alpha value is -4.08. The first-order valence-electron chi connectivity index (χ1n) is 15.3. The van der Waals surface area contributed by atoms with E-state index in [1.54, 1.807) is 0 Å². The van der Waals surface area contributed by atoms with Gasteiger partial charge in [-0.3, -0.25) is 0 Å². The summed E-state index contributed by atoms with van der Waals surface area (Å²) in [7, 11) is 0. The predicted molar refractivity (Wildman–Crippen MR) is 177 cm³/mol. The molecule has 0 bridgehead atoms. The molecule has 1 saturated heterocycles. The van der Waals surface area contributed by atoms with Crippen molar-refractivity contribution in [3.05, 3.63) is 171 Å². The van der Waals surface area contributed by atoms with Gasteiger partial charge in [0.15, 0.2) is 0 Å². The van der Waals surface area contributed by atoms with E-state index in [9.17, 15) is 9.59 Å². The number of nitrogens with one attached hydrogen (secondary N) is 1. The van der Waals surface area contributed by atoms with Crippen LogP contribution in [0.3, 0.4) is 0 Å². The average molecular weight is 684 g/mol. The third-order valence-corrected chi connectivity index (χ3v) is 10.5. The van der Waals surface area contributed by atoms with E-state index in [1.165, 1.54) is 16.8 Å². The fourth-order valence-electron chi connectivity index (χ4n) is 5.45. The molecule has 1 N–H and O–H groups in total. The molecule has 5 aromatic rings. The van der Waals surface area contributed by atoms with Crippen molar-refractivity contribution < 1.29 is 18.9 Å². The van der Waals surface area contributed by atoms with Gasteiger partial charge < -0.3 is 0 Å². The molecule has 0 saturated carbocycles. The van der Waals surface area contributed by atoms with Crippen molar-refractivity contribution in [2.45, 2.75) is 49.2 Å². The van der Waals surface area contributed by atoms with Crippen molar-refractivity contribution in [3.8, 4) is 0 Å². The van der Waals surface area contributed by atoms with Gasteiger partial charge in [-0.1, -0.05) is 0 Å². The number of rotatable bonds is 13. The Morgan fingerprint density at radius 3 is 1.74 bits per heavy atom. The first-order chi connectivity index (χ1) is 22.6. The van der Waals surface area contributed by atoms with E-state index in [2.05, 4.69) is 17.1 Å². The summed E-state index contributed by atoms with van der Waals surface area (Å²) in [4.78, 5) is 27.4. The number of nitrogens with zero attached hydrogens (tertiary/aromatic N) is 1. The summed E-state index contributed by atoms with van der Waals surface area (Å²) in [5, 5.41) is 0. The Labute approximate surface area is 274 Å². The summed E-state index contributed by atoms with van der Waals surface area (Å²) in [6.45, 7) is 1.30. The maximum atomic E-state index is 13.3. The van der Waals surface area contributed by atoms with Crippen LogP contribution in [0.2, 0.25) is 4.82 Å². The van der Waals surface area contributed by atoms with Crippen molar-refractivity contribution in [1.82, 2.24) is 9.55 Å². The molecule has 236 valence electrons. The molecule has 1 aromatic heterocycles. The molecule has 2 heterocycles. The van der Waals surface area contributed by atoms with Gasteiger partial charge in [0, 0.05) is 0 Å². The van der Waals surface area contributed by atoms with Crippen LogP contribution in [0.5, 0.6) is 0 Å². The van der Waals surface area contributed by atoms with Gasteiger partial charge in [0.05, 0.1) is 0 Å². The molecule has 0 aliphatic carbocycles. The molecule has 4 aromatic carbocycles. The SMILES string of the molecule is O=c1ccn([C@@H]2O[C@H](COCc3ccccc3)[C@H](OCc3ccccc3)[C@H](OCc3ccccc3)[C@H]2[Se]c2ccccc2)c(=O)[nH]1.